The molecule has 0 saturated carbocycles. The highest BCUT2D eigenvalue weighted by Gasteiger charge is 2.52. The van der Waals surface area contributed by atoms with Crippen LogP contribution in [-0.4, -0.2) is 96.7 Å². The molecule has 3 fully saturated rings. The van der Waals surface area contributed by atoms with Gasteiger partial charge in [0.25, 0.3) is 0 Å². The topological polar surface area (TPSA) is 107 Å². The Kier molecular flexibility index (Phi) is 6.23. The Morgan fingerprint density at radius 3 is 2.50 bits per heavy atom. The predicted octanol–water partition coefficient (Wildman–Crippen LogP) is -0.811. The van der Waals surface area contributed by atoms with Crippen LogP contribution in [0.25, 0.3) is 0 Å². The van der Waals surface area contributed by atoms with E-state index in [1.165, 1.54) is 0 Å². The quantitative estimate of drug-likeness (QED) is 0.563. The molecule has 3 saturated heterocycles. The maximum Gasteiger partial charge on any atom is 0.237 e. The van der Waals surface area contributed by atoms with Gasteiger partial charge >= 0.3 is 0 Å². The van der Waals surface area contributed by atoms with Gasteiger partial charge < -0.3 is 10.8 Å². The van der Waals surface area contributed by atoms with E-state index in [1.807, 2.05) is 0 Å². The Bertz CT molecular complexity index is 602. The first-order valence-electron chi connectivity index (χ1n) is 9.77. The average molecular weight is 389 g/mol. The standard InChI is InChI=1S/C17H32N4O4S/c18-16(23)17-5-1-3-15(4-6-17)21(17)7-2-14-26(24,25)20-10-8-19(9-11-20)12-13-22/h15,22H,1-14H2,(H2,18,23)/t15-,17+/m1/s1. The fraction of sp³-hybridized carbons (Fsp3) is 0.941. The van der Waals surface area contributed by atoms with Crippen molar-refractivity contribution in [2.24, 2.45) is 5.73 Å². The molecule has 0 unspecified atom stereocenters. The molecule has 0 aromatic carbocycles. The molecule has 0 aromatic heterocycles. The predicted molar refractivity (Wildman–Crippen MR) is 99.0 cm³/mol. The normalized spacial score (nSPS) is 31.3. The zero-order chi connectivity index (χ0) is 18.8. The van der Waals surface area contributed by atoms with E-state index in [0.717, 1.165) is 32.1 Å². The number of piperidine rings is 1. The summed E-state index contributed by atoms with van der Waals surface area (Å²) in [6, 6.07) is 0.376. The van der Waals surface area contributed by atoms with Gasteiger partial charge in [-0.25, -0.2) is 8.42 Å². The molecule has 3 aliphatic rings. The van der Waals surface area contributed by atoms with Gasteiger partial charge in [-0.3, -0.25) is 14.6 Å². The van der Waals surface area contributed by atoms with Crippen molar-refractivity contribution in [3.05, 3.63) is 0 Å². The van der Waals surface area contributed by atoms with Crippen molar-refractivity contribution in [1.29, 1.82) is 0 Å². The third kappa shape index (κ3) is 3.91. The summed E-state index contributed by atoms with van der Waals surface area (Å²) in [6.07, 6.45) is 5.24. The number of rotatable bonds is 8. The molecular weight excluding hydrogens is 356 g/mol. The SMILES string of the molecule is NC(=O)[C@]12CCC[C@H](CC1)N2CCCS(=O)(=O)N1CCN(CCO)CC1. The van der Waals surface area contributed by atoms with Crippen LogP contribution < -0.4 is 5.73 Å². The number of fused-ring (bicyclic) bond motifs is 2. The minimum Gasteiger partial charge on any atom is -0.395 e. The Balaban J connectivity index is 1.52. The van der Waals surface area contributed by atoms with E-state index in [1.54, 1.807) is 4.31 Å². The molecule has 9 heteroatoms. The summed E-state index contributed by atoms with van der Waals surface area (Å²) < 4.78 is 26.8. The maximum absolute atomic E-state index is 12.6. The van der Waals surface area contributed by atoms with Gasteiger partial charge in [0, 0.05) is 45.3 Å². The molecule has 150 valence electrons. The molecular formula is C17H32N4O4S. The summed E-state index contributed by atoms with van der Waals surface area (Å²) in [7, 11) is -3.28. The molecule has 8 nitrogen and oxygen atoms in total. The molecule has 3 aliphatic heterocycles. The summed E-state index contributed by atoms with van der Waals surface area (Å²) in [5, 5.41) is 8.98. The second-order valence-electron chi connectivity index (χ2n) is 7.81. The van der Waals surface area contributed by atoms with Gasteiger partial charge in [0.1, 0.15) is 5.54 Å². The Morgan fingerprint density at radius 1 is 1.12 bits per heavy atom. The third-order valence-corrected chi connectivity index (χ3v) is 8.37. The molecule has 0 radical (unpaired) electrons. The van der Waals surface area contributed by atoms with E-state index in [4.69, 9.17) is 10.8 Å². The number of primary amides is 1. The third-order valence-electron chi connectivity index (χ3n) is 6.41. The number of aliphatic hydroxyl groups is 1. The molecule has 3 heterocycles. The van der Waals surface area contributed by atoms with E-state index in [0.29, 0.717) is 51.7 Å². The lowest BCUT2D eigenvalue weighted by Crippen LogP contribution is -2.58. The van der Waals surface area contributed by atoms with Crippen molar-refractivity contribution >= 4 is 15.9 Å². The molecule has 0 aromatic rings. The van der Waals surface area contributed by atoms with E-state index in [-0.39, 0.29) is 18.3 Å². The molecule has 2 atom stereocenters. The Labute approximate surface area is 156 Å². The minimum atomic E-state index is -3.28. The fourth-order valence-electron chi connectivity index (χ4n) is 4.96. The average Bonchev–Trinajstić information content (AvgIpc) is 2.81. The zero-order valence-corrected chi connectivity index (χ0v) is 16.3. The van der Waals surface area contributed by atoms with Gasteiger partial charge in [-0.1, -0.05) is 0 Å². The monoisotopic (exact) mass is 388 g/mol. The fourth-order valence-corrected chi connectivity index (χ4v) is 6.43. The van der Waals surface area contributed by atoms with Crippen LogP contribution >= 0.6 is 0 Å². The Hall–Kier alpha value is -0.740. The number of aliphatic hydroxyl groups excluding tert-OH is 1. The van der Waals surface area contributed by atoms with Crippen molar-refractivity contribution in [1.82, 2.24) is 14.1 Å². The summed E-state index contributed by atoms with van der Waals surface area (Å²) >= 11 is 0. The number of carbonyl (C=O) groups is 1. The molecule has 26 heavy (non-hydrogen) atoms. The van der Waals surface area contributed by atoms with Crippen LogP contribution in [0.5, 0.6) is 0 Å². The maximum atomic E-state index is 12.6. The molecule has 0 aliphatic carbocycles. The number of β-amino-alcohol motifs (C(OH)–C–C–N with tert-alkyl or cyclic N) is 1. The number of amides is 1. The molecule has 3 N–H and O–H groups in total. The van der Waals surface area contributed by atoms with Crippen LogP contribution in [0.4, 0.5) is 0 Å². The van der Waals surface area contributed by atoms with Crippen molar-refractivity contribution in [2.75, 3.05) is 51.6 Å². The largest absolute Gasteiger partial charge is 0.395 e. The van der Waals surface area contributed by atoms with Crippen LogP contribution in [0, 0.1) is 0 Å². The second kappa shape index (κ2) is 8.10. The number of nitrogens with zero attached hydrogens (tertiary/aromatic N) is 3. The van der Waals surface area contributed by atoms with Gasteiger partial charge in [-0.15, -0.1) is 0 Å². The van der Waals surface area contributed by atoms with Gasteiger partial charge in [0.15, 0.2) is 0 Å². The molecule has 0 spiro atoms. The number of carbonyl (C=O) groups excluding carboxylic acids is 1. The summed E-state index contributed by atoms with van der Waals surface area (Å²) in [5.41, 5.74) is 5.17. The second-order valence-corrected chi connectivity index (χ2v) is 9.90. The lowest BCUT2D eigenvalue weighted by Gasteiger charge is -2.42. The van der Waals surface area contributed by atoms with Crippen LogP contribution in [-0.2, 0) is 14.8 Å². The van der Waals surface area contributed by atoms with Crippen molar-refractivity contribution < 1.29 is 18.3 Å². The van der Waals surface area contributed by atoms with Crippen LogP contribution in [0.2, 0.25) is 0 Å². The Morgan fingerprint density at radius 2 is 1.85 bits per heavy atom. The number of hydrogen-bond donors (Lipinski definition) is 2. The van der Waals surface area contributed by atoms with E-state index in [2.05, 4.69) is 9.80 Å². The first-order chi connectivity index (χ1) is 12.4. The molecule has 2 bridgehead atoms. The highest BCUT2D eigenvalue weighted by molar-refractivity contribution is 7.89. The first kappa shape index (κ1) is 20.0. The molecule has 3 rings (SSSR count). The van der Waals surface area contributed by atoms with Crippen LogP contribution in [0.1, 0.15) is 38.5 Å². The van der Waals surface area contributed by atoms with Gasteiger partial charge in [0.05, 0.1) is 12.4 Å². The number of sulfonamides is 1. The first-order valence-corrected chi connectivity index (χ1v) is 11.4. The van der Waals surface area contributed by atoms with Crippen LogP contribution in [0.3, 0.4) is 0 Å². The number of piperazine rings is 1. The van der Waals surface area contributed by atoms with Crippen molar-refractivity contribution in [3.63, 3.8) is 0 Å². The van der Waals surface area contributed by atoms with Crippen LogP contribution in [0.15, 0.2) is 0 Å². The van der Waals surface area contributed by atoms with E-state index in [9.17, 15) is 13.2 Å². The number of hydrogen-bond acceptors (Lipinski definition) is 6. The minimum absolute atomic E-state index is 0.103. The number of nitrogens with two attached hydrogens (primary N) is 1. The smallest absolute Gasteiger partial charge is 0.237 e. The van der Waals surface area contributed by atoms with E-state index >= 15 is 0 Å². The summed E-state index contributed by atoms with van der Waals surface area (Å²) in [5.74, 6) is -0.131. The highest BCUT2D eigenvalue weighted by Crippen LogP contribution is 2.43. The van der Waals surface area contributed by atoms with Crippen molar-refractivity contribution in [3.8, 4) is 0 Å². The van der Waals surface area contributed by atoms with Gasteiger partial charge in [-0.05, 0) is 38.5 Å². The lowest BCUT2D eigenvalue weighted by molar-refractivity contribution is -0.131. The lowest BCUT2D eigenvalue weighted by atomic mass is 9.87. The summed E-state index contributed by atoms with van der Waals surface area (Å²) in [4.78, 5) is 16.3. The highest BCUT2D eigenvalue weighted by atomic mass is 32.2. The van der Waals surface area contributed by atoms with Gasteiger partial charge in [0.2, 0.25) is 15.9 Å². The zero-order valence-electron chi connectivity index (χ0n) is 15.5. The van der Waals surface area contributed by atoms with Gasteiger partial charge in [-0.2, -0.15) is 4.31 Å². The van der Waals surface area contributed by atoms with Crippen molar-refractivity contribution in [2.45, 2.75) is 50.1 Å². The summed E-state index contributed by atoms with van der Waals surface area (Å²) in [6.45, 7) is 3.62. The molecule has 1 amide bonds. The van der Waals surface area contributed by atoms with E-state index < -0.39 is 15.6 Å².